The van der Waals surface area contributed by atoms with Gasteiger partial charge in [0.1, 0.15) is 28.9 Å². The highest BCUT2D eigenvalue weighted by atomic mass is 19.1. The van der Waals surface area contributed by atoms with Gasteiger partial charge in [-0.3, -0.25) is 19.4 Å². The van der Waals surface area contributed by atoms with Crippen molar-refractivity contribution in [3.63, 3.8) is 0 Å². The molecule has 0 spiro atoms. The highest BCUT2D eigenvalue weighted by molar-refractivity contribution is 5.96. The molecule has 0 aliphatic heterocycles. The van der Waals surface area contributed by atoms with Gasteiger partial charge in [0.05, 0.1) is 24.0 Å². The van der Waals surface area contributed by atoms with Crippen molar-refractivity contribution in [1.82, 2.24) is 29.7 Å². The molecule has 0 aliphatic rings. The predicted molar refractivity (Wildman–Crippen MR) is 143 cm³/mol. The van der Waals surface area contributed by atoms with Crippen LogP contribution < -0.4 is 16.2 Å². The highest BCUT2D eigenvalue weighted by Gasteiger charge is 2.22. The molecule has 0 bridgehead atoms. The third-order valence-corrected chi connectivity index (χ3v) is 5.77. The number of amides is 3. The fraction of sp³-hybridized carbons (Fsp3) is 0.385. The molecule has 214 valence electrons. The zero-order valence-electron chi connectivity index (χ0n) is 22.5. The Balaban J connectivity index is 1.82. The van der Waals surface area contributed by atoms with Crippen LogP contribution in [0.2, 0.25) is 0 Å². The molecule has 0 aliphatic carbocycles. The van der Waals surface area contributed by atoms with E-state index < -0.39 is 40.9 Å². The topological polar surface area (TPSA) is 162 Å². The zero-order chi connectivity index (χ0) is 29.6. The van der Waals surface area contributed by atoms with E-state index in [4.69, 9.17) is 5.11 Å². The third kappa shape index (κ3) is 7.71. The number of anilines is 1. The summed E-state index contributed by atoms with van der Waals surface area (Å²) in [6, 6.07) is -0.481. The molecule has 0 radical (unpaired) electrons. The van der Waals surface area contributed by atoms with Crippen LogP contribution in [0.1, 0.15) is 38.2 Å². The van der Waals surface area contributed by atoms with E-state index in [1.807, 2.05) is 13.8 Å². The van der Waals surface area contributed by atoms with Crippen LogP contribution in [0, 0.1) is 17.6 Å². The Bertz CT molecular complexity index is 1500. The van der Waals surface area contributed by atoms with E-state index in [0.29, 0.717) is 17.6 Å². The first-order valence-corrected chi connectivity index (χ1v) is 12.5. The number of fused-ring (bicyclic) bond motifs is 1. The van der Waals surface area contributed by atoms with Crippen molar-refractivity contribution in [3.05, 3.63) is 64.1 Å². The summed E-state index contributed by atoms with van der Waals surface area (Å²) in [7, 11) is 3.13. The van der Waals surface area contributed by atoms with Crippen LogP contribution in [0.5, 0.6) is 0 Å². The summed E-state index contributed by atoms with van der Waals surface area (Å²) >= 11 is 0. The number of aromatic nitrogens is 4. The number of aromatic amines is 1. The van der Waals surface area contributed by atoms with Crippen LogP contribution >= 0.6 is 0 Å². The fourth-order valence-electron chi connectivity index (χ4n) is 3.88. The summed E-state index contributed by atoms with van der Waals surface area (Å²) < 4.78 is 29.8. The van der Waals surface area contributed by atoms with E-state index >= 15 is 0 Å². The standard InChI is InChI=1S/C26H31F2N7O5/c1-14(2)9-18-23-22(16(28)11-29-18)32-20(33-23)13-35-12-15(27)10-19(25(35)38)30-24(37)17(31-26(39)40)7-5-6-8-21(36)34(3)4/h6,8,10-12,14,17,31H,5,7,9,13H2,1-4H3,(H,30,37)(H,32,33)(H,39,40). The van der Waals surface area contributed by atoms with Crippen molar-refractivity contribution in [1.29, 1.82) is 0 Å². The summed E-state index contributed by atoms with van der Waals surface area (Å²) in [5, 5.41) is 13.5. The number of H-pyrrole nitrogens is 1. The molecule has 4 N–H and O–H groups in total. The molecule has 3 aromatic rings. The van der Waals surface area contributed by atoms with Crippen LogP contribution in [0.15, 0.2) is 35.4 Å². The van der Waals surface area contributed by atoms with Crippen LogP contribution in [0.4, 0.5) is 19.3 Å². The smallest absolute Gasteiger partial charge is 0.405 e. The molecule has 1 unspecified atom stereocenters. The maximum Gasteiger partial charge on any atom is 0.405 e. The second-order valence-corrected chi connectivity index (χ2v) is 9.77. The van der Waals surface area contributed by atoms with Crippen molar-refractivity contribution in [3.8, 4) is 0 Å². The lowest BCUT2D eigenvalue weighted by atomic mass is 10.1. The molecule has 3 amide bonds. The van der Waals surface area contributed by atoms with Gasteiger partial charge in [0, 0.05) is 26.4 Å². The first-order chi connectivity index (χ1) is 18.8. The first-order valence-electron chi connectivity index (χ1n) is 12.5. The van der Waals surface area contributed by atoms with E-state index in [1.165, 1.54) is 17.1 Å². The van der Waals surface area contributed by atoms with Crippen molar-refractivity contribution < 1.29 is 28.3 Å². The van der Waals surface area contributed by atoms with E-state index in [9.17, 15) is 28.0 Å². The summed E-state index contributed by atoms with van der Waals surface area (Å²) in [5.41, 5.74) is -0.192. The number of pyridine rings is 2. The quantitative estimate of drug-likeness (QED) is 0.263. The van der Waals surface area contributed by atoms with Gasteiger partial charge in [-0.1, -0.05) is 19.9 Å². The number of allylic oxidation sites excluding steroid dienone is 1. The number of hydrogen-bond donors (Lipinski definition) is 4. The Labute approximate surface area is 228 Å². The molecule has 0 saturated heterocycles. The van der Waals surface area contributed by atoms with Gasteiger partial charge in [-0.25, -0.2) is 18.6 Å². The largest absolute Gasteiger partial charge is 0.465 e. The summed E-state index contributed by atoms with van der Waals surface area (Å²) in [6.07, 6.45) is 3.97. The summed E-state index contributed by atoms with van der Waals surface area (Å²) in [6.45, 7) is 3.70. The lowest BCUT2D eigenvalue weighted by Crippen LogP contribution is -2.44. The fourth-order valence-corrected chi connectivity index (χ4v) is 3.88. The van der Waals surface area contributed by atoms with Crippen molar-refractivity contribution >= 4 is 34.6 Å². The van der Waals surface area contributed by atoms with Crippen LogP contribution in [-0.4, -0.2) is 67.6 Å². The number of nitrogens with zero attached hydrogens (tertiary/aromatic N) is 4. The summed E-state index contributed by atoms with van der Waals surface area (Å²) in [4.78, 5) is 61.4. The molecule has 0 fully saturated rings. The average molecular weight is 560 g/mol. The van der Waals surface area contributed by atoms with Crippen molar-refractivity contribution in [2.24, 2.45) is 5.92 Å². The van der Waals surface area contributed by atoms with Gasteiger partial charge in [0.25, 0.3) is 5.56 Å². The predicted octanol–water partition coefficient (Wildman–Crippen LogP) is 2.64. The summed E-state index contributed by atoms with van der Waals surface area (Å²) in [5.74, 6) is -2.27. The normalized spacial score (nSPS) is 12.2. The minimum atomic E-state index is -1.48. The van der Waals surface area contributed by atoms with Gasteiger partial charge in [0.2, 0.25) is 11.8 Å². The zero-order valence-corrected chi connectivity index (χ0v) is 22.5. The molecule has 12 nitrogen and oxygen atoms in total. The number of imidazole rings is 1. The van der Waals surface area contributed by atoms with E-state index in [1.54, 1.807) is 14.1 Å². The number of hydrogen-bond acceptors (Lipinski definition) is 6. The number of carboxylic acid groups (broad SMARTS) is 1. The molecule has 0 saturated carbocycles. The van der Waals surface area contributed by atoms with Gasteiger partial charge in [-0.15, -0.1) is 0 Å². The van der Waals surface area contributed by atoms with Crippen LogP contribution in [0.3, 0.4) is 0 Å². The SMILES string of the molecule is CC(C)Cc1ncc(F)c2nc(Cn3cc(F)cc(NC(=O)C(CCC=CC(=O)N(C)C)NC(=O)O)c3=O)[nH]c12. The first kappa shape index (κ1) is 29.9. The van der Waals surface area contributed by atoms with Gasteiger partial charge in [-0.2, -0.15) is 0 Å². The van der Waals surface area contributed by atoms with E-state index in [0.717, 1.165) is 23.0 Å². The molecular weight excluding hydrogens is 528 g/mol. The molecule has 3 rings (SSSR count). The second-order valence-electron chi connectivity index (χ2n) is 9.77. The molecular formula is C26H31F2N7O5. The Morgan fingerprint density at radius 2 is 1.98 bits per heavy atom. The van der Waals surface area contributed by atoms with E-state index in [-0.39, 0.29) is 42.6 Å². The van der Waals surface area contributed by atoms with Crippen LogP contribution in [0.25, 0.3) is 11.0 Å². The number of carbonyl (C=O) groups is 3. The van der Waals surface area contributed by atoms with Crippen LogP contribution in [-0.2, 0) is 22.6 Å². The van der Waals surface area contributed by atoms with Crippen molar-refractivity contribution in [2.45, 2.75) is 45.7 Å². The monoisotopic (exact) mass is 559 g/mol. The number of halogens is 2. The molecule has 3 heterocycles. The number of rotatable bonds is 11. The van der Waals surface area contributed by atoms with E-state index in [2.05, 4.69) is 25.6 Å². The number of nitrogens with one attached hydrogen (secondary N) is 3. The van der Waals surface area contributed by atoms with Gasteiger partial charge < -0.3 is 30.2 Å². The van der Waals surface area contributed by atoms with Crippen molar-refractivity contribution in [2.75, 3.05) is 19.4 Å². The maximum atomic E-state index is 14.5. The molecule has 3 aromatic heterocycles. The van der Waals surface area contributed by atoms with Gasteiger partial charge >= 0.3 is 6.09 Å². The maximum absolute atomic E-state index is 14.5. The Morgan fingerprint density at radius 3 is 2.62 bits per heavy atom. The Hall–Kier alpha value is -4.62. The minimum Gasteiger partial charge on any atom is -0.465 e. The second kappa shape index (κ2) is 13.0. The molecule has 40 heavy (non-hydrogen) atoms. The Morgan fingerprint density at radius 1 is 1.25 bits per heavy atom. The molecule has 14 heteroatoms. The molecule has 1 atom stereocenters. The number of likely N-dealkylation sites (N-methyl/N-ethyl adjacent to an activating group) is 1. The Kier molecular flexibility index (Phi) is 9.69. The average Bonchev–Trinajstić information content (AvgIpc) is 3.29. The third-order valence-electron chi connectivity index (χ3n) is 5.77. The highest BCUT2D eigenvalue weighted by Crippen LogP contribution is 2.21. The van der Waals surface area contributed by atoms with Gasteiger partial charge in [-0.05, 0) is 31.3 Å². The lowest BCUT2D eigenvalue weighted by Gasteiger charge is -2.16. The van der Waals surface area contributed by atoms with Gasteiger partial charge in [0.15, 0.2) is 5.82 Å². The number of carbonyl (C=O) groups excluding carboxylic acids is 2. The lowest BCUT2D eigenvalue weighted by molar-refractivity contribution is -0.123. The minimum absolute atomic E-state index is 0.0316. The molecule has 0 aromatic carbocycles.